The van der Waals surface area contributed by atoms with Gasteiger partial charge in [-0.15, -0.1) is 0 Å². The summed E-state index contributed by atoms with van der Waals surface area (Å²) in [5.74, 6) is 0. The van der Waals surface area contributed by atoms with E-state index in [0.29, 0.717) is 0 Å². The minimum atomic E-state index is -2.85. The quantitative estimate of drug-likeness (QED) is 0.311. The highest BCUT2D eigenvalue weighted by Crippen LogP contribution is 2.28. The van der Waals surface area contributed by atoms with Gasteiger partial charge in [0.1, 0.15) is 17.7 Å². The molecule has 0 aliphatic rings. The summed E-state index contributed by atoms with van der Waals surface area (Å²) >= 11 is 0. The second-order valence-corrected chi connectivity index (χ2v) is 5.95. The molecule has 2 rings (SSSR count). The van der Waals surface area contributed by atoms with E-state index in [-0.39, 0.29) is 16.7 Å². The van der Waals surface area contributed by atoms with Crippen molar-refractivity contribution in [3.8, 4) is 0 Å². The number of rotatable bonds is 9. The van der Waals surface area contributed by atoms with Crippen LogP contribution in [0, 0.1) is 0 Å². The van der Waals surface area contributed by atoms with E-state index >= 15 is 0 Å². The lowest BCUT2D eigenvalue weighted by Crippen LogP contribution is -2.44. The molecule has 1 aromatic carbocycles. The van der Waals surface area contributed by atoms with Gasteiger partial charge in [-0.05, 0) is 19.1 Å². The van der Waals surface area contributed by atoms with Crippen LogP contribution in [0.2, 0.25) is 0 Å². The first kappa shape index (κ1) is 21.2. The fraction of sp³-hybridized carbons (Fsp3) is 0.471. The number of anilines is 1. The molecule has 1 heterocycles. The van der Waals surface area contributed by atoms with Crippen molar-refractivity contribution >= 4 is 16.7 Å². The van der Waals surface area contributed by atoms with E-state index in [1.165, 1.54) is 25.1 Å². The molecule has 0 saturated heterocycles. The topological polar surface area (TPSA) is 132 Å². The summed E-state index contributed by atoms with van der Waals surface area (Å²) in [5, 5.41) is 40.8. The maximum absolute atomic E-state index is 13.0. The van der Waals surface area contributed by atoms with E-state index in [1.54, 1.807) is 0 Å². The lowest BCUT2D eigenvalue weighted by molar-refractivity contribution is -0.182. The molecule has 1 aromatic heterocycles. The summed E-state index contributed by atoms with van der Waals surface area (Å²) in [4.78, 5) is 11.5. The molecule has 0 aliphatic carbocycles. The third-order valence-corrected chi connectivity index (χ3v) is 3.94. The molecule has 0 saturated carbocycles. The highest BCUT2D eigenvalue weighted by Gasteiger charge is 2.25. The molecule has 0 radical (unpaired) electrons. The van der Waals surface area contributed by atoms with Crippen molar-refractivity contribution in [3.63, 3.8) is 0 Å². The fourth-order valence-electron chi connectivity index (χ4n) is 2.46. The lowest BCUT2D eigenvalue weighted by atomic mass is 10.1. The van der Waals surface area contributed by atoms with Crippen LogP contribution in [0.1, 0.15) is 18.9 Å². The molecule has 0 aliphatic heterocycles. The van der Waals surface area contributed by atoms with Crippen molar-refractivity contribution < 1.29 is 38.4 Å². The first-order valence-electron chi connectivity index (χ1n) is 8.12. The average molecular weight is 389 g/mol. The molecule has 0 amide bonds. The largest absolute Gasteiger partial charge is 0.423 e. The van der Waals surface area contributed by atoms with E-state index in [4.69, 9.17) is 14.3 Å². The molecule has 2 unspecified atom stereocenters. The zero-order valence-corrected chi connectivity index (χ0v) is 14.4. The van der Waals surface area contributed by atoms with E-state index in [9.17, 15) is 28.9 Å². The van der Waals surface area contributed by atoms with Crippen molar-refractivity contribution in [1.82, 2.24) is 0 Å². The summed E-state index contributed by atoms with van der Waals surface area (Å²) < 4.78 is 36.1. The zero-order chi connectivity index (χ0) is 20.1. The van der Waals surface area contributed by atoms with E-state index in [2.05, 4.69) is 5.32 Å². The first-order valence-corrected chi connectivity index (χ1v) is 8.12. The number of ether oxygens (including phenoxy) is 1. The number of hydrogen-bond donors (Lipinski definition) is 5. The van der Waals surface area contributed by atoms with Crippen LogP contribution < -0.4 is 10.9 Å². The van der Waals surface area contributed by atoms with Crippen LogP contribution in [0.4, 0.5) is 14.5 Å². The van der Waals surface area contributed by atoms with Gasteiger partial charge in [0, 0.05) is 28.8 Å². The molecule has 10 heteroatoms. The van der Waals surface area contributed by atoms with Crippen LogP contribution in [-0.4, -0.2) is 58.2 Å². The second-order valence-electron chi connectivity index (χ2n) is 5.95. The number of nitrogens with one attached hydrogen (secondary N) is 1. The van der Waals surface area contributed by atoms with Gasteiger partial charge in [-0.2, -0.15) is 0 Å². The first-order chi connectivity index (χ1) is 12.8. The molecule has 27 heavy (non-hydrogen) atoms. The van der Waals surface area contributed by atoms with Gasteiger partial charge in [0.2, 0.25) is 0 Å². The maximum atomic E-state index is 13.0. The van der Waals surface area contributed by atoms with Gasteiger partial charge in [0.05, 0.1) is 19.3 Å². The third-order valence-electron chi connectivity index (χ3n) is 3.94. The summed E-state index contributed by atoms with van der Waals surface area (Å²) in [5.41, 5.74) is -1.22. The zero-order valence-electron chi connectivity index (χ0n) is 14.4. The summed E-state index contributed by atoms with van der Waals surface area (Å²) in [6.45, 7) is 0.226. The lowest BCUT2D eigenvalue weighted by Gasteiger charge is -2.28. The highest BCUT2D eigenvalue weighted by molar-refractivity contribution is 5.83. The Hall–Kier alpha value is -2.11. The molecule has 150 valence electrons. The SMILES string of the molecule is C[C@H](O)C(CO)OC(O)[C@H](CO)Nc1ccc2c(C(F)F)cc(=O)oc2c1. The van der Waals surface area contributed by atoms with Gasteiger partial charge in [0.15, 0.2) is 6.29 Å². The minimum absolute atomic E-state index is 0.0574. The Morgan fingerprint density at radius 3 is 2.44 bits per heavy atom. The number of fused-ring (bicyclic) bond motifs is 1. The van der Waals surface area contributed by atoms with Gasteiger partial charge in [-0.25, -0.2) is 13.6 Å². The van der Waals surface area contributed by atoms with E-state index in [1.807, 2.05) is 0 Å². The van der Waals surface area contributed by atoms with Crippen molar-refractivity contribution in [2.24, 2.45) is 0 Å². The predicted molar refractivity (Wildman–Crippen MR) is 91.6 cm³/mol. The number of aliphatic hydroxyl groups excluding tert-OH is 4. The van der Waals surface area contributed by atoms with Crippen LogP contribution in [0.3, 0.4) is 0 Å². The van der Waals surface area contributed by atoms with Crippen LogP contribution in [0.15, 0.2) is 33.5 Å². The van der Waals surface area contributed by atoms with Crippen molar-refractivity contribution in [3.05, 3.63) is 40.2 Å². The standard InChI is InChI=1S/C17H21F2NO7/c1-8(23)14(7-22)27-17(25)12(6-21)20-9-2-3-10-11(16(18)19)5-15(24)26-13(10)4-9/h2-5,8,12,14,16-17,20-23,25H,6-7H2,1H3/t8-,12-,14?,17?/m0/s1. The Bertz CT molecular complexity index is 811. The molecule has 0 bridgehead atoms. The van der Waals surface area contributed by atoms with Crippen LogP contribution >= 0.6 is 0 Å². The van der Waals surface area contributed by atoms with Crippen molar-refractivity contribution in [2.75, 3.05) is 18.5 Å². The monoisotopic (exact) mass is 389 g/mol. The molecule has 4 atom stereocenters. The highest BCUT2D eigenvalue weighted by atomic mass is 19.3. The fourth-order valence-corrected chi connectivity index (χ4v) is 2.46. The van der Waals surface area contributed by atoms with Crippen LogP contribution in [0.25, 0.3) is 11.0 Å². The van der Waals surface area contributed by atoms with E-state index in [0.717, 1.165) is 6.07 Å². The molecule has 0 spiro atoms. The normalized spacial score (nSPS) is 16.3. The molecule has 8 nitrogen and oxygen atoms in total. The number of aliphatic hydroxyl groups is 4. The average Bonchev–Trinajstić information content (AvgIpc) is 2.62. The Balaban J connectivity index is 2.24. The Morgan fingerprint density at radius 2 is 1.89 bits per heavy atom. The van der Waals surface area contributed by atoms with Gasteiger partial charge < -0.3 is 34.9 Å². The smallest absolute Gasteiger partial charge is 0.336 e. The van der Waals surface area contributed by atoms with Gasteiger partial charge in [-0.3, -0.25) is 0 Å². The summed E-state index contributed by atoms with van der Waals surface area (Å²) in [6, 6.07) is 3.65. The minimum Gasteiger partial charge on any atom is -0.423 e. The van der Waals surface area contributed by atoms with Gasteiger partial charge in [0.25, 0.3) is 6.43 Å². The van der Waals surface area contributed by atoms with Crippen LogP contribution in [0.5, 0.6) is 0 Å². The molecular formula is C17H21F2NO7. The van der Waals surface area contributed by atoms with Crippen LogP contribution in [-0.2, 0) is 4.74 Å². The molecule has 0 fully saturated rings. The predicted octanol–water partition coefficient (Wildman–Crippen LogP) is 0.580. The van der Waals surface area contributed by atoms with Crippen molar-refractivity contribution in [1.29, 1.82) is 0 Å². The summed E-state index contributed by atoms with van der Waals surface area (Å²) in [7, 11) is 0. The Labute approximate surface area is 152 Å². The molecular weight excluding hydrogens is 368 g/mol. The summed E-state index contributed by atoms with van der Waals surface area (Å²) in [6.07, 6.45) is -6.59. The van der Waals surface area contributed by atoms with Gasteiger partial charge in [-0.1, -0.05) is 0 Å². The number of benzene rings is 1. The van der Waals surface area contributed by atoms with Gasteiger partial charge >= 0.3 is 5.63 Å². The second kappa shape index (κ2) is 9.20. The third kappa shape index (κ3) is 5.21. The molecule has 2 aromatic rings. The van der Waals surface area contributed by atoms with E-state index < -0.39 is 55.4 Å². The maximum Gasteiger partial charge on any atom is 0.336 e. The van der Waals surface area contributed by atoms with Crippen molar-refractivity contribution in [2.45, 2.75) is 37.9 Å². The molecule has 5 N–H and O–H groups in total. The number of halogens is 2. The Morgan fingerprint density at radius 1 is 1.19 bits per heavy atom. The number of hydrogen-bond acceptors (Lipinski definition) is 8. The number of alkyl halides is 2. The Kier molecular flexibility index (Phi) is 7.22.